The number of ether oxygens (including phenoxy) is 1. The number of hydrogen-bond acceptors (Lipinski definition) is 5. The second-order valence-corrected chi connectivity index (χ2v) is 5.78. The number of carbonyl (C=O) groups is 3. The van der Waals surface area contributed by atoms with E-state index in [9.17, 15) is 14.4 Å². The highest BCUT2D eigenvalue weighted by atomic mass is 16.7. The molecule has 3 atom stereocenters. The van der Waals surface area contributed by atoms with Crippen LogP contribution in [0.4, 0.5) is 4.79 Å². The van der Waals surface area contributed by atoms with E-state index in [4.69, 9.17) is 15.3 Å². The number of hydroxylamine groups is 2. The minimum Gasteiger partial charge on any atom is -0.461 e. The van der Waals surface area contributed by atoms with E-state index in [0.717, 1.165) is 5.06 Å². The van der Waals surface area contributed by atoms with Crippen molar-refractivity contribution in [3.05, 3.63) is 11.6 Å². The molecule has 0 unspecified atom stereocenters. The molecule has 2 rings (SSSR count). The fourth-order valence-corrected chi connectivity index (χ4v) is 2.64. The Labute approximate surface area is 128 Å². The van der Waals surface area contributed by atoms with Crippen molar-refractivity contribution in [2.24, 2.45) is 5.73 Å². The third-order valence-corrected chi connectivity index (χ3v) is 3.54. The van der Waals surface area contributed by atoms with Crippen molar-refractivity contribution in [3.63, 3.8) is 0 Å². The van der Waals surface area contributed by atoms with Gasteiger partial charge in [0.25, 0.3) is 0 Å². The van der Waals surface area contributed by atoms with Crippen molar-refractivity contribution in [3.8, 4) is 0 Å². The molecule has 0 spiro atoms. The largest absolute Gasteiger partial charge is 0.461 e. The topological polar surface area (TPSA) is 102 Å². The summed E-state index contributed by atoms with van der Waals surface area (Å²) in [5.41, 5.74) is 6.04. The van der Waals surface area contributed by atoms with E-state index in [1.165, 1.54) is 11.8 Å². The quantitative estimate of drug-likeness (QED) is 0.576. The minimum absolute atomic E-state index is 0.266. The summed E-state index contributed by atoms with van der Waals surface area (Å²) >= 11 is 0. The summed E-state index contributed by atoms with van der Waals surface area (Å²) in [5.74, 6) is -1.14. The van der Waals surface area contributed by atoms with Crippen molar-refractivity contribution in [1.29, 1.82) is 0 Å². The normalized spacial score (nSPS) is 25.3. The molecule has 2 bridgehead atoms. The van der Waals surface area contributed by atoms with Gasteiger partial charge in [0.05, 0.1) is 18.7 Å². The van der Waals surface area contributed by atoms with E-state index in [1.54, 1.807) is 26.8 Å². The zero-order valence-electron chi connectivity index (χ0n) is 13.1. The van der Waals surface area contributed by atoms with Gasteiger partial charge >= 0.3 is 12.0 Å². The molecule has 0 saturated carbocycles. The van der Waals surface area contributed by atoms with Crippen LogP contribution in [0.5, 0.6) is 0 Å². The number of fused-ring (bicyclic) bond motifs is 2. The van der Waals surface area contributed by atoms with Crippen molar-refractivity contribution in [2.45, 2.75) is 52.0 Å². The standard InChI is InChI=1S/C14H21N3O5/c1-7(2)21-13(19)9(4)22-17-10-5-8(3)11(12(15)18)16(6-10)14(17)20/h5,7,9-11H,6H2,1-4H3,(H2,15,18)/t9-,10+,11-/m0/s1. The van der Waals surface area contributed by atoms with E-state index < -0.39 is 30.1 Å². The van der Waals surface area contributed by atoms with Crippen LogP contribution in [-0.2, 0) is 19.2 Å². The van der Waals surface area contributed by atoms with Crippen LogP contribution in [-0.4, -0.2) is 58.7 Å². The van der Waals surface area contributed by atoms with Crippen LogP contribution in [0.3, 0.4) is 0 Å². The average Bonchev–Trinajstić information content (AvgIpc) is 2.62. The molecule has 0 aromatic heterocycles. The highest BCUT2D eigenvalue weighted by Crippen LogP contribution is 2.29. The summed E-state index contributed by atoms with van der Waals surface area (Å²) in [6.07, 6.45) is 0.571. The van der Waals surface area contributed by atoms with Crippen LogP contribution in [0.15, 0.2) is 11.6 Å². The van der Waals surface area contributed by atoms with E-state index >= 15 is 0 Å². The second-order valence-electron chi connectivity index (χ2n) is 5.78. The van der Waals surface area contributed by atoms with Crippen LogP contribution in [0.1, 0.15) is 27.7 Å². The fourth-order valence-electron chi connectivity index (χ4n) is 2.64. The Morgan fingerprint density at radius 2 is 2.00 bits per heavy atom. The van der Waals surface area contributed by atoms with Crippen molar-refractivity contribution < 1.29 is 24.0 Å². The Morgan fingerprint density at radius 1 is 1.36 bits per heavy atom. The molecule has 22 heavy (non-hydrogen) atoms. The first-order valence-electron chi connectivity index (χ1n) is 7.17. The number of rotatable bonds is 5. The van der Waals surface area contributed by atoms with Crippen molar-refractivity contribution >= 4 is 17.9 Å². The van der Waals surface area contributed by atoms with Gasteiger partial charge in [-0.3, -0.25) is 9.63 Å². The van der Waals surface area contributed by atoms with Gasteiger partial charge in [-0.1, -0.05) is 6.08 Å². The Hall–Kier alpha value is -2.09. The Balaban J connectivity index is 2.10. The predicted molar refractivity (Wildman–Crippen MR) is 76.2 cm³/mol. The molecule has 8 nitrogen and oxygen atoms in total. The molecule has 0 radical (unpaired) electrons. The van der Waals surface area contributed by atoms with Gasteiger partial charge in [0, 0.05) is 0 Å². The summed E-state index contributed by atoms with van der Waals surface area (Å²) in [6, 6.07) is -1.60. The van der Waals surface area contributed by atoms with E-state index in [0.29, 0.717) is 12.1 Å². The average molecular weight is 311 g/mol. The number of primary amides is 1. The summed E-state index contributed by atoms with van der Waals surface area (Å²) in [4.78, 5) is 42.5. The van der Waals surface area contributed by atoms with E-state index in [1.807, 2.05) is 0 Å². The second kappa shape index (κ2) is 5.96. The molecule has 3 amide bonds. The molecule has 2 N–H and O–H groups in total. The number of nitrogens with two attached hydrogens (primary N) is 1. The van der Waals surface area contributed by atoms with Gasteiger partial charge in [0.1, 0.15) is 6.04 Å². The molecular weight excluding hydrogens is 290 g/mol. The number of carbonyl (C=O) groups excluding carboxylic acids is 3. The number of nitrogens with zero attached hydrogens (tertiary/aromatic N) is 2. The lowest BCUT2D eigenvalue weighted by Gasteiger charge is -2.27. The van der Waals surface area contributed by atoms with Gasteiger partial charge < -0.3 is 15.4 Å². The predicted octanol–water partition coefficient (Wildman–Crippen LogP) is 0.178. The molecule has 2 aliphatic rings. The van der Waals surface area contributed by atoms with Crippen LogP contribution in [0.2, 0.25) is 0 Å². The molecule has 122 valence electrons. The Morgan fingerprint density at radius 3 is 2.55 bits per heavy atom. The lowest BCUT2D eigenvalue weighted by molar-refractivity contribution is -0.193. The summed E-state index contributed by atoms with van der Waals surface area (Å²) in [5, 5.41) is 1.11. The molecule has 0 aromatic carbocycles. The van der Waals surface area contributed by atoms with Gasteiger partial charge in [-0.05, 0) is 33.3 Å². The maximum Gasteiger partial charge on any atom is 0.345 e. The van der Waals surface area contributed by atoms with Gasteiger partial charge in [-0.2, -0.15) is 5.06 Å². The van der Waals surface area contributed by atoms with Crippen LogP contribution >= 0.6 is 0 Å². The lowest BCUT2D eigenvalue weighted by atomic mass is 10.0. The molecule has 0 aliphatic carbocycles. The van der Waals surface area contributed by atoms with Gasteiger partial charge in [0.2, 0.25) is 5.91 Å². The molecule has 1 fully saturated rings. The number of esters is 1. The lowest BCUT2D eigenvalue weighted by Crippen LogP contribution is -2.48. The number of amides is 3. The zero-order valence-corrected chi connectivity index (χ0v) is 13.1. The zero-order chi connectivity index (χ0) is 16.6. The first kappa shape index (κ1) is 16.3. The van der Waals surface area contributed by atoms with Crippen molar-refractivity contribution in [1.82, 2.24) is 9.96 Å². The molecule has 2 heterocycles. The van der Waals surface area contributed by atoms with E-state index in [-0.39, 0.29) is 12.1 Å². The summed E-state index contributed by atoms with van der Waals surface area (Å²) in [7, 11) is 0. The van der Waals surface area contributed by atoms with Crippen LogP contribution < -0.4 is 5.73 Å². The Kier molecular flexibility index (Phi) is 4.41. The molecule has 1 saturated heterocycles. The fraction of sp³-hybridized carbons (Fsp3) is 0.643. The SMILES string of the molecule is CC1=C[C@@H]2CN(C(=O)N2O[C@@H](C)C(=O)OC(C)C)[C@@H]1C(N)=O. The number of hydrogen-bond donors (Lipinski definition) is 1. The molecule has 2 aliphatic heterocycles. The third kappa shape index (κ3) is 2.92. The third-order valence-electron chi connectivity index (χ3n) is 3.54. The molecule has 8 heteroatoms. The molecular formula is C14H21N3O5. The summed E-state index contributed by atoms with van der Waals surface area (Å²) < 4.78 is 5.04. The maximum absolute atomic E-state index is 12.4. The molecule has 0 aromatic rings. The Bertz CT molecular complexity index is 531. The highest BCUT2D eigenvalue weighted by Gasteiger charge is 2.47. The monoisotopic (exact) mass is 311 g/mol. The van der Waals surface area contributed by atoms with Crippen LogP contribution in [0, 0.1) is 0 Å². The van der Waals surface area contributed by atoms with Crippen molar-refractivity contribution in [2.75, 3.05) is 6.54 Å². The smallest absolute Gasteiger partial charge is 0.345 e. The van der Waals surface area contributed by atoms with E-state index in [2.05, 4.69) is 0 Å². The first-order chi connectivity index (χ1) is 10.2. The van der Waals surface area contributed by atoms with Gasteiger partial charge in [-0.15, -0.1) is 0 Å². The minimum atomic E-state index is -0.923. The maximum atomic E-state index is 12.4. The first-order valence-corrected chi connectivity index (χ1v) is 7.17. The van der Waals surface area contributed by atoms with Gasteiger partial charge in [-0.25, -0.2) is 9.59 Å². The summed E-state index contributed by atoms with van der Waals surface area (Å²) in [6.45, 7) is 7.01. The highest BCUT2D eigenvalue weighted by molar-refractivity contribution is 5.90. The van der Waals surface area contributed by atoms with Crippen LogP contribution in [0.25, 0.3) is 0 Å². The number of urea groups is 1. The van der Waals surface area contributed by atoms with Gasteiger partial charge in [0.15, 0.2) is 6.10 Å².